The highest BCUT2D eigenvalue weighted by molar-refractivity contribution is 5.15. The monoisotopic (exact) mass is 262 g/mol. The molecule has 1 rings (SSSR count). The number of aryl methyl sites for hydroxylation is 1. The van der Waals surface area contributed by atoms with E-state index in [1.807, 2.05) is 6.07 Å². The van der Waals surface area contributed by atoms with Gasteiger partial charge in [-0.05, 0) is 36.8 Å². The van der Waals surface area contributed by atoms with Gasteiger partial charge in [0.25, 0.3) is 0 Å². The van der Waals surface area contributed by atoms with Crippen molar-refractivity contribution in [2.75, 3.05) is 13.9 Å². The molecule has 0 spiro atoms. The summed E-state index contributed by atoms with van der Waals surface area (Å²) in [5, 5.41) is 0. The maximum absolute atomic E-state index is 5.75. The zero-order chi connectivity index (χ0) is 13.9. The maximum Gasteiger partial charge on any atom is 0.147 e. The lowest BCUT2D eigenvalue weighted by atomic mass is 9.99. The van der Waals surface area contributed by atoms with Gasteiger partial charge in [0.2, 0.25) is 0 Å². The SMILES string of the molecule is C=C(CCCC)C(CCc1ccccc1)OCOC. The number of unbranched alkanes of at least 4 members (excludes halogenated alkanes) is 1. The molecule has 1 unspecified atom stereocenters. The summed E-state index contributed by atoms with van der Waals surface area (Å²) in [5.41, 5.74) is 2.53. The fraction of sp³-hybridized carbons (Fsp3) is 0.529. The molecule has 0 aliphatic rings. The normalized spacial score (nSPS) is 12.3. The summed E-state index contributed by atoms with van der Waals surface area (Å²) in [6.07, 6.45) is 5.49. The summed E-state index contributed by atoms with van der Waals surface area (Å²) in [6, 6.07) is 10.5. The first kappa shape index (κ1) is 15.9. The van der Waals surface area contributed by atoms with Crippen molar-refractivity contribution in [2.45, 2.75) is 45.1 Å². The fourth-order valence-electron chi connectivity index (χ4n) is 2.06. The van der Waals surface area contributed by atoms with Crippen molar-refractivity contribution >= 4 is 0 Å². The van der Waals surface area contributed by atoms with Crippen molar-refractivity contribution in [3.63, 3.8) is 0 Å². The highest BCUT2D eigenvalue weighted by Crippen LogP contribution is 2.18. The lowest BCUT2D eigenvalue weighted by molar-refractivity contribution is -0.0618. The summed E-state index contributed by atoms with van der Waals surface area (Å²) in [4.78, 5) is 0. The highest BCUT2D eigenvalue weighted by atomic mass is 16.7. The Labute approximate surface area is 117 Å². The van der Waals surface area contributed by atoms with E-state index in [1.54, 1.807) is 7.11 Å². The second-order valence-corrected chi connectivity index (χ2v) is 4.85. The quantitative estimate of drug-likeness (QED) is 0.461. The van der Waals surface area contributed by atoms with Crippen LogP contribution in [0.3, 0.4) is 0 Å². The van der Waals surface area contributed by atoms with E-state index in [0.29, 0.717) is 6.79 Å². The van der Waals surface area contributed by atoms with Crippen molar-refractivity contribution in [2.24, 2.45) is 0 Å². The molecule has 1 atom stereocenters. The van der Waals surface area contributed by atoms with E-state index in [0.717, 1.165) is 19.3 Å². The van der Waals surface area contributed by atoms with Crippen LogP contribution in [-0.4, -0.2) is 20.0 Å². The van der Waals surface area contributed by atoms with Gasteiger partial charge in [-0.1, -0.05) is 50.3 Å². The Morgan fingerprint density at radius 2 is 2.00 bits per heavy atom. The number of hydrogen-bond acceptors (Lipinski definition) is 2. The molecule has 0 heterocycles. The zero-order valence-electron chi connectivity index (χ0n) is 12.2. The van der Waals surface area contributed by atoms with Gasteiger partial charge in [0.1, 0.15) is 6.79 Å². The van der Waals surface area contributed by atoms with E-state index in [9.17, 15) is 0 Å². The van der Waals surface area contributed by atoms with E-state index in [1.165, 1.54) is 24.0 Å². The molecule has 2 heteroatoms. The zero-order valence-corrected chi connectivity index (χ0v) is 12.2. The van der Waals surface area contributed by atoms with Crippen LogP contribution in [0.5, 0.6) is 0 Å². The molecule has 1 aromatic rings. The topological polar surface area (TPSA) is 18.5 Å². The van der Waals surface area contributed by atoms with Crippen LogP contribution in [0.2, 0.25) is 0 Å². The molecule has 0 aliphatic carbocycles. The van der Waals surface area contributed by atoms with Gasteiger partial charge >= 0.3 is 0 Å². The predicted octanol–water partition coefficient (Wildman–Crippen LogP) is 4.35. The first-order valence-corrected chi connectivity index (χ1v) is 7.10. The summed E-state index contributed by atoms with van der Waals surface area (Å²) in [7, 11) is 1.66. The van der Waals surface area contributed by atoms with Crippen molar-refractivity contribution in [3.8, 4) is 0 Å². The van der Waals surface area contributed by atoms with Crippen molar-refractivity contribution in [1.82, 2.24) is 0 Å². The summed E-state index contributed by atoms with van der Waals surface area (Å²) < 4.78 is 10.8. The number of ether oxygens (including phenoxy) is 2. The van der Waals surface area contributed by atoms with Crippen LogP contribution in [0, 0.1) is 0 Å². The Kier molecular flexibility index (Phi) is 8.19. The van der Waals surface area contributed by atoms with Crippen molar-refractivity contribution < 1.29 is 9.47 Å². The summed E-state index contributed by atoms with van der Waals surface area (Å²) in [6.45, 7) is 6.71. The average molecular weight is 262 g/mol. The molecule has 19 heavy (non-hydrogen) atoms. The fourth-order valence-corrected chi connectivity index (χ4v) is 2.06. The van der Waals surface area contributed by atoms with Crippen LogP contribution in [-0.2, 0) is 15.9 Å². The molecular formula is C17H26O2. The van der Waals surface area contributed by atoms with Gasteiger partial charge in [0.15, 0.2) is 0 Å². The molecule has 2 nitrogen and oxygen atoms in total. The molecule has 0 N–H and O–H groups in total. The Bertz CT molecular complexity index is 346. The molecule has 0 fully saturated rings. The lowest BCUT2D eigenvalue weighted by Gasteiger charge is -2.20. The predicted molar refractivity (Wildman–Crippen MR) is 80.2 cm³/mol. The minimum Gasteiger partial charge on any atom is -0.359 e. The van der Waals surface area contributed by atoms with E-state index >= 15 is 0 Å². The maximum atomic E-state index is 5.75. The minimum atomic E-state index is 0.103. The first-order chi connectivity index (χ1) is 9.27. The van der Waals surface area contributed by atoms with Gasteiger partial charge < -0.3 is 9.47 Å². The second kappa shape index (κ2) is 9.76. The van der Waals surface area contributed by atoms with Gasteiger partial charge in [-0.15, -0.1) is 0 Å². The summed E-state index contributed by atoms with van der Waals surface area (Å²) in [5.74, 6) is 0. The molecular weight excluding hydrogens is 236 g/mol. The van der Waals surface area contributed by atoms with Crippen LogP contribution in [0.4, 0.5) is 0 Å². The smallest absolute Gasteiger partial charge is 0.147 e. The number of hydrogen-bond donors (Lipinski definition) is 0. The third-order valence-corrected chi connectivity index (χ3v) is 3.23. The second-order valence-electron chi connectivity index (χ2n) is 4.85. The third kappa shape index (κ3) is 6.55. The third-order valence-electron chi connectivity index (χ3n) is 3.23. The Morgan fingerprint density at radius 1 is 1.26 bits per heavy atom. The van der Waals surface area contributed by atoms with Gasteiger partial charge in [0, 0.05) is 7.11 Å². The molecule has 0 aromatic heterocycles. The van der Waals surface area contributed by atoms with E-state index in [-0.39, 0.29) is 6.10 Å². The highest BCUT2D eigenvalue weighted by Gasteiger charge is 2.13. The van der Waals surface area contributed by atoms with Crippen LogP contribution in [0.15, 0.2) is 42.5 Å². The minimum absolute atomic E-state index is 0.103. The van der Waals surface area contributed by atoms with Gasteiger partial charge in [-0.3, -0.25) is 0 Å². The van der Waals surface area contributed by atoms with Crippen molar-refractivity contribution in [1.29, 1.82) is 0 Å². The van der Waals surface area contributed by atoms with Gasteiger partial charge in [-0.2, -0.15) is 0 Å². The molecule has 0 saturated heterocycles. The Morgan fingerprint density at radius 3 is 2.63 bits per heavy atom. The van der Waals surface area contributed by atoms with E-state index in [2.05, 4.69) is 37.8 Å². The van der Waals surface area contributed by atoms with Crippen molar-refractivity contribution in [3.05, 3.63) is 48.0 Å². The van der Waals surface area contributed by atoms with Crippen LogP contribution < -0.4 is 0 Å². The van der Waals surface area contributed by atoms with Crippen LogP contribution >= 0.6 is 0 Å². The van der Waals surface area contributed by atoms with Crippen LogP contribution in [0.25, 0.3) is 0 Å². The molecule has 1 aromatic carbocycles. The molecule has 0 aliphatic heterocycles. The first-order valence-electron chi connectivity index (χ1n) is 7.10. The average Bonchev–Trinajstić information content (AvgIpc) is 2.46. The standard InChI is InChI=1S/C17H26O2/c1-4-5-9-15(2)17(19-14-18-3)13-12-16-10-7-6-8-11-16/h6-8,10-11,17H,2,4-5,9,12-14H2,1,3H3. The van der Waals surface area contributed by atoms with Gasteiger partial charge in [0.05, 0.1) is 6.10 Å². The molecule has 106 valence electrons. The summed E-state index contributed by atoms with van der Waals surface area (Å²) >= 11 is 0. The molecule has 0 radical (unpaired) electrons. The molecule has 0 amide bonds. The van der Waals surface area contributed by atoms with E-state index < -0.39 is 0 Å². The molecule has 0 bridgehead atoms. The lowest BCUT2D eigenvalue weighted by Crippen LogP contribution is -2.18. The Balaban J connectivity index is 2.46. The largest absolute Gasteiger partial charge is 0.359 e. The Hall–Kier alpha value is -1.12. The number of benzene rings is 1. The number of methoxy groups -OCH3 is 1. The van der Waals surface area contributed by atoms with E-state index in [4.69, 9.17) is 9.47 Å². The van der Waals surface area contributed by atoms with Gasteiger partial charge in [-0.25, -0.2) is 0 Å². The van der Waals surface area contributed by atoms with Crippen LogP contribution in [0.1, 0.15) is 38.2 Å². The molecule has 0 saturated carbocycles. The number of rotatable bonds is 10.